The van der Waals surface area contributed by atoms with Gasteiger partial charge in [0.1, 0.15) is 17.7 Å². The number of alkyl halides is 3. The van der Waals surface area contributed by atoms with E-state index in [9.17, 15) is 27.1 Å². The zero-order valence-electron chi connectivity index (χ0n) is 10.9. The van der Waals surface area contributed by atoms with Crippen molar-refractivity contribution in [2.75, 3.05) is 0 Å². The summed E-state index contributed by atoms with van der Waals surface area (Å²) in [5, 5.41) is 10.0. The van der Waals surface area contributed by atoms with Crippen LogP contribution in [0.3, 0.4) is 0 Å². The second-order valence-corrected chi connectivity index (χ2v) is 4.66. The van der Waals surface area contributed by atoms with Gasteiger partial charge in [0, 0.05) is 5.56 Å². The molecule has 6 heteroatoms. The molecule has 2 rings (SSSR count). The molecular weight excluding hydrogens is 291 g/mol. The quantitative estimate of drug-likeness (QED) is 0.817. The zero-order valence-corrected chi connectivity index (χ0v) is 10.9. The molecule has 2 aromatic rings. The van der Waals surface area contributed by atoms with Crippen LogP contribution in [0.15, 0.2) is 36.4 Å². The summed E-state index contributed by atoms with van der Waals surface area (Å²) < 4.78 is 64.8. The predicted octanol–water partition coefficient (Wildman–Crippen LogP) is 4.37. The van der Waals surface area contributed by atoms with Gasteiger partial charge in [0.2, 0.25) is 0 Å². The molecule has 0 fully saturated rings. The number of halogens is 5. The van der Waals surface area contributed by atoms with Crippen molar-refractivity contribution in [1.82, 2.24) is 0 Å². The molecule has 0 aliphatic rings. The molecule has 0 aromatic heterocycles. The molecule has 0 amide bonds. The summed E-state index contributed by atoms with van der Waals surface area (Å²) in [6, 6.07) is 6.05. The third kappa shape index (κ3) is 3.21. The van der Waals surface area contributed by atoms with Crippen molar-refractivity contribution in [2.45, 2.75) is 19.2 Å². The SMILES string of the molecule is Cc1ccc(C(O)c2ccc(F)c(C(F)(F)F)c2)c(F)c1. The third-order valence-electron chi connectivity index (χ3n) is 3.06. The maximum Gasteiger partial charge on any atom is 0.419 e. The van der Waals surface area contributed by atoms with Crippen molar-refractivity contribution in [1.29, 1.82) is 0 Å². The number of rotatable bonds is 2. The van der Waals surface area contributed by atoms with E-state index >= 15 is 0 Å². The highest BCUT2D eigenvalue weighted by Crippen LogP contribution is 2.34. The number of hydrogen-bond acceptors (Lipinski definition) is 1. The summed E-state index contributed by atoms with van der Waals surface area (Å²) in [6.07, 6.45) is -6.49. The molecule has 0 saturated carbocycles. The van der Waals surface area contributed by atoms with E-state index < -0.39 is 29.5 Å². The molecule has 0 aliphatic heterocycles. The van der Waals surface area contributed by atoms with Gasteiger partial charge in [0.25, 0.3) is 0 Å². The van der Waals surface area contributed by atoms with E-state index in [1.807, 2.05) is 0 Å². The number of aryl methyl sites for hydroxylation is 1. The first-order valence-electron chi connectivity index (χ1n) is 6.01. The molecule has 2 aromatic carbocycles. The molecule has 0 radical (unpaired) electrons. The normalized spacial score (nSPS) is 13.3. The van der Waals surface area contributed by atoms with E-state index in [0.717, 1.165) is 12.1 Å². The average molecular weight is 302 g/mol. The number of aliphatic hydroxyl groups is 1. The van der Waals surface area contributed by atoms with Crippen LogP contribution in [0.4, 0.5) is 22.0 Å². The Labute approximate surface area is 117 Å². The Morgan fingerprint density at radius 3 is 2.19 bits per heavy atom. The molecule has 0 spiro atoms. The van der Waals surface area contributed by atoms with Crippen LogP contribution in [0.1, 0.15) is 28.4 Å². The minimum atomic E-state index is -4.88. The highest BCUT2D eigenvalue weighted by Gasteiger charge is 2.34. The van der Waals surface area contributed by atoms with E-state index in [0.29, 0.717) is 17.7 Å². The predicted molar refractivity (Wildman–Crippen MR) is 66.6 cm³/mol. The minimum absolute atomic E-state index is 0.166. The zero-order chi connectivity index (χ0) is 15.8. The molecule has 0 saturated heterocycles. The van der Waals surface area contributed by atoms with E-state index in [-0.39, 0.29) is 11.1 Å². The lowest BCUT2D eigenvalue weighted by Crippen LogP contribution is -2.11. The maximum atomic E-state index is 13.7. The van der Waals surface area contributed by atoms with E-state index in [1.54, 1.807) is 6.92 Å². The van der Waals surface area contributed by atoms with Gasteiger partial charge < -0.3 is 5.11 Å². The molecule has 1 nitrogen and oxygen atoms in total. The Bertz CT molecular complexity index is 664. The summed E-state index contributed by atoms with van der Waals surface area (Å²) in [4.78, 5) is 0. The topological polar surface area (TPSA) is 20.2 Å². The second-order valence-electron chi connectivity index (χ2n) is 4.66. The number of hydrogen-bond donors (Lipinski definition) is 1. The monoisotopic (exact) mass is 302 g/mol. The van der Waals surface area contributed by atoms with Crippen LogP contribution in [0.5, 0.6) is 0 Å². The molecule has 0 bridgehead atoms. The van der Waals surface area contributed by atoms with Gasteiger partial charge in [-0.3, -0.25) is 0 Å². The fraction of sp³-hybridized carbons (Fsp3) is 0.200. The van der Waals surface area contributed by atoms with Crippen LogP contribution >= 0.6 is 0 Å². The van der Waals surface area contributed by atoms with E-state index in [4.69, 9.17) is 0 Å². The first kappa shape index (κ1) is 15.4. The van der Waals surface area contributed by atoms with Crippen molar-refractivity contribution in [3.05, 3.63) is 70.3 Å². The van der Waals surface area contributed by atoms with Crippen LogP contribution in [0.25, 0.3) is 0 Å². The van der Waals surface area contributed by atoms with Gasteiger partial charge in [-0.2, -0.15) is 13.2 Å². The van der Waals surface area contributed by atoms with Crippen molar-refractivity contribution in [3.63, 3.8) is 0 Å². The highest BCUT2D eigenvalue weighted by atomic mass is 19.4. The Hall–Kier alpha value is -1.95. The molecule has 1 N–H and O–H groups in total. The smallest absolute Gasteiger partial charge is 0.384 e. The Morgan fingerprint density at radius 1 is 0.952 bits per heavy atom. The van der Waals surface area contributed by atoms with E-state index in [2.05, 4.69) is 0 Å². The standard InChI is InChI=1S/C15H11F5O/c1-8-2-4-10(13(17)6-8)14(21)9-3-5-12(16)11(7-9)15(18,19)20/h2-7,14,21H,1H3. The van der Waals surface area contributed by atoms with Gasteiger partial charge >= 0.3 is 6.18 Å². The van der Waals surface area contributed by atoms with Crippen molar-refractivity contribution in [3.8, 4) is 0 Å². The first-order chi connectivity index (χ1) is 9.70. The largest absolute Gasteiger partial charge is 0.419 e. The highest BCUT2D eigenvalue weighted by molar-refractivity contribution is 5.36. The number of aliphatic hydroxyl groups excluding tert-OH is 1. The summed E-state index contributed by atoms with van der Waals surface area (Å²) in [5.41, 5.74) is -1.28. The lowest BCUT2D eigenvalue weighted by molar-refractivity contribution is -0.140. The fourth-order valence-corrected chi connectivity index (χ4v) is 1.96. The first-order valence-corrected chi connectivity index (χ1v) is 6.01. The van der Waals surface area contributed by atoms with Gasteiger partial charge in [-0.1, -0.05) is 18.2 Å². The van der Waals surface area contributed by atoms with Gasteiger partial charge in [0.05, 0.1) is 5.56 Å². The van der Waals surface area contributed by atoms with Crippen LogP contribution in [0, 0.1) is 18.6 Å². The van der Waals surface area contributed by atoms with Crippen LogP contribution < -0.4 is 0 Å². The van der Waals surface area contributed by atoms with Crippen LogP contribution in [-0.4, -0.2) is 5.11 Å². The summed E-state index contributed by atoms with van der Waals surface area (Å²) >= 11 is 0. The Balaban J connectivity index is 2.46. The molecule has 112 valence electrons. The van der Waals surface area contributed by atoms with Gasteiger partial charge in [-0.05, 0) is 36.2 Å². The molecule has 1 atom stereocenters. The molecule has 0 aliphatic carbocycles. The van der Waals surface area contributed by atoms with Crippen molar-refractivity contribution in [2.24, 2.45) is 0 Å². The van der Waals surface area contributed by atoms with Crippen molar-refractivity contribution < 1.29 is 27.1 Å². The summed E-state index contributed by atoms with van der Waals surface area (Å²) in [6.45, 7) is 1.64. The average Bonchev–Trinajstić information content (AvgIpc) is 2.37. The molecule has 1 unspecified atom stereocenters. The molecule has 0 heterocycles. The fourth-order valence-electron chi connectivity index (χ4n) is 1.96. The lowest BCUT2D eigenvalue weighted by atomic mass is 9.98. The number of benzene rings is 2. The van der Waals surface area contributed by atoms with E-state index in [1.165, 1.54) is 12.1 Å². The van der Waals surface area contributed by atoms with Crippen LogP contribution in [0.2, 0.25) is 0 Å². The minimum Gasteiger partial charge on any atom is -0.384 e. The Morgan fingerprint density at radius 2 is 1.62 bits per heavy atom. The lowest BCUT2D eigenvalue weighted by Gasteiger charge is -2.15. The van der Waals surface area contributed by atoms with Gasteiger partial charge in [-0.15, -0.1) is 0 Å². The molecule has 21 heavy (non-hydrogen) atoms. The second kappa shape index (κ2) is 5.44. The summed E-state index contributed by atoms with van der Waals surface area (Å²) in [5.74, 6) is -2.18. The molecular formula is C15H11F5O. The third-order valence-corrected chi connectivity index (χ3v) is 3.06. The van der Waals surface area contributed by atoms with Gasteiger partial charge in [0.15, 0.2) is 0 Å². The summed E-state index contributed by atoms with van der Waals surface area (Å²) in [7, 11) is 0. The Kier molecular flexibility index (Phi) is 4.00. The maximum absolute atomic E-state index is 13.7. The van der Waals surface area contributed by atoms with Crippen molar-refractivity contribution >= 4 is 0 Å². The van der Waals surface area contributed by atoms with Crippen LogP contribution in [-0.2, 0) is 6.18 Å². The van der Waals surface area contributed by atoms with Gasteiger partial charge in [-0.25, -0.2) is 8.78 Å².